The number of ether oxygens (including phenoxy) is 3. The van der Waals surface area contributed by atoms with Gasteiger partial charge in [0, 0.05) is 18.3 Å². The van der Waals surface area contributed by atoms with Gasteiger partial charge in [0.05, 0.1) is 35.9 Å². The van der Waals surface area contributed by atoms with Gasteiger partial charge in [0.1, 0.15) is 23.4 Å². The zero-order chi connectivity index (χ0) is 26.5. The van der Waals surface area contributed by atoms with E-state index in [0.29, 0.717) is 27.3 Å². The Labute approximate surface area is 217 Å². The van der Waals surface area contributed by atoms with E-state index in [4.69, 9.17) is 14.2 Å². The van der Waals surface area contributed by atoms with E-state index in [9.17, 15) is 14.0 Å². The number of hydrogen-bond donors (Lipinski definition) is 3. The average molecular weight is 569 g/mol. The lowest BCUT2D eigenvalue weighted by atomic mass is 10.2. The minimum atomic E-state index is -0.616. The van der Waals surface area contributed by atoms with Crippen LogP contribution >= 0.6 is 15.9 Å². The van der Waals surface area contributed by atoms with E-state index in [1.165, 1.54) is 6.07 Å². The summed E-state index contributed by atoms with van der Waals surface area (Å²) < 4.78 is 30.8. The number of hydrogen-bond acceptors (Lipinski definition) is 10. The highest BCUT2D eigenvalue weighted by molar-refractivity contribution is 9.12. The summed E-state index contributed by atoms with van der Waals surface area (Å²) in [7, 11) is 0. The molecule has 0 bridgehead atoms. The Bertz CT molecular complexity index is 1100. The maximum Gasteiger partial charge on any atom is 0.407 e. The first-order valence-corrected chi connectivity index (χ1v) is 12.2. The molecule has 0 fully saturated rings. The SMILES string of the molecule is CCOC(=O)C1=C2N=C(NCc3cc(F)cnc3O[C@@H](C)CNC(=O)OC(C)(C)C)C(Br)=CN2NC1. The van der Waals surface area contributed by atoms with E-state index in [2.05, 4.69) is 42.0 Å². The van der Waals surface area contributed by atoms with Crippen molar-refractivity contribution in [2.45, 2.75) is 52.9 Å². The molecular weight excluding hydrogens is 539 g/mol. The third-order valence-corrected chi connectivity index (χ3v) is 5.30. The zero-order valence-electron chi connectivity index (χ0n) is 20.8. The molecule has 0 aromatic carbocycles. The lowest BCUT2D eigenvalue weighted by molar-refractivity contribution is -0.138. The maximum absolute atomic E-state index is 14.0. The molecule has 196 valence electrons. The predicted molar refractivity (Wildman–Crippen MR) is 133 cm³/mol. The fourth-order valence-corrected chi connectivity index (χ4v) is 3.62. The topological polar surface area (TPSA) is 126 Å². The van der Waals surface area contributed by atoms with E-state index >= 15 is 0 Å². The lowest BCUT2D eigenvalue weighted by Gasteiger charge is -2.23. The Kier molecular flexibility index (Phi) is 8.90. The molecule has 3 rings (SSSR count). The van der Waals surface area contributed by atoms with E-state index < -0.39 is 29.6 Å². The summed E-state index contributed by atoms with van der Waals surface area (Å²) in [5.74, 6) is 0.0688. The van der Waals surface area contributed by atoms with Crippen LogP contribution in [0.4, 0.5) is 9.18 Å². The van der Waals surface area contributed by atoms with Crippen molar-refractivity contribution >= 4 is 33.8 Å². The first kappa shape index (κ1) is 27.4. The minimum Gasteiger partial charge on any atom is -0.473 e. The first-order valence-electron chi connectivity index (χ1n) is 11.4. The molecule has 1 atom stereocenters. The maximum atomic E-state index is 14.0. The number of amides is 1. The molecule has 0 saturated heterocycles. The Balaban J connectivity index is 1.68. The highest BCUT2D eigenvalue weighted by Crippen LogP contribution is 2.26. The van der Waals surface area contributed by atoms with Crippen molar-refractivity contribution in [3.63, 3.8) is 0 Å². The van der Waals surface area contributed by atoms with Crippen LogP contribution in [0.5, 0.6) is 5.88 Å². The molecule has 11 nitrogen and oxygen atoms in total. The Morgan fingerprint density at radius 2 is 2.11 bits per heavy atom. The summed E-state index contributed by atoms with van der Waals surface area (Å²) in [5.41, 5.74) is 3.26. The fourth-order valence-electron chi connectivity index (χ4n) is 3.18. The Morgan fingerprint density at radius 3 is 2.81 bits per heavy atom. The Hall–Kier alpha value is -3.19. The molecule has 2 aliphatic heterocycles. The second kappa shape index (κ2) is 11.7. The molecule has 0 aliphatic carbocycles. The van der Waals surface area contributed by atoms with Gasteiger partial charge in [0.25, 0.3) is 0 Å². The van der Waals surface area contributed by atoms with Gasteiger partial charge in [-0.2, -0.15) is 0 Å². The number of amidine groups is 1. The number of carbonyl (C=O) groups excluding carboxylic acids is 2. The molecule has 36 heavy (non-hydrogen) atoms. The zero-order valence-corrected chi connectivity index (χ0v) is 22.4. The number of nitrogens with one attached hydrogen (secondary N) is 3. The number of rotatable bonds is 8. The molecule has 2 aliphatic rings. The first-order chi connectivity index (χ1) is 17.0. The van der Waals surface area contributed by atoms with Crippen molar-refractivity contribution in [2.75, 3.05) is 19.7 Å². The molecular formula is C23H30BrFN6O5. The molecule has 13 heteroatoms. The van der Waals surface area contributed by atoms with E-state index in [-0.39, 0.29) is 32.1 Å². The molecule has 1 aromatic heterocycles. The third kappa shape index (κ3) is 7.40. The van der Waals surface area contributed by atoms with E-state index in [0.717, 1.165) is 6.20 Å². The van der Waals surface area contributed by atoms with Gasteiger partial charge in [-0.25, -0.2) is 29.4 Å². The fraction of sp³-hybridized carbons (Fsp3) is 0.478. The summed E-state index contributed by atoms with van der Waals surface area (Å²) in [4.78, 5) is 32.7. The normalized spacial score (nSPS) is 16.0. The molecule has 3 heterocycles. The highest BCUT2D eigenvalue weighted by Gasteiger charge is 2.30. The predicted octanol–water partition coefficient (Wildman–Crippen LogP) is 2.85. The van der Waals surface area contributed by atoms with E-state index in [1.54, 1.807) is 45.8 Å². The smallest absolute Gasteiger partial charge is 0.407 e. The number of nitrogens with zero attached hydrogens (tertiary/aromatic N) is 3. The second-order valence-electron chi connectivity index (χ2n) is 8.95. The third-order valence-electron chi connectivity index (χ3n) is 4.72. The van der Waals surface area contributed by atoms with Gasteiger partial charge in [0.15, 0.2) is 5.82 Å². The number of alkyl carbamates (subject to hydrolysis) is 1. The average Bonchev–Trinajstić information content (AvgIpc) is 3.19. The molecule has 0 spiro atoms. The van der Waals surface area contributed by atoms with Crippen LogP contribution in [-0.2, 0) is 20.8 Å². The van der Waals surface area contributed by atoms with Crippen LogP contribution in [0.3, 0.4) is 0 Å². The summed E-state index contributed by atoms with van der Waals surface area (Å²) in [5, 5.41) is 7.38. The number of pyridine rings is 1. The molecule has 0 unspecified atom stereocenters. The van der Waals surface area contributed by atoms with Crippen LogP contribution in [0.25, 0.3) is 0 Å². The van der Waals surface area contributed by atoms with Crippen LogP contribution in [0.1, 0.15) is 40.2 Å². The molecule has 1 amide bonds. The van der Waals surface area contributed by atoms with Crippen molar-refractivity contribution in [1.29, 1.82) is 0 Å². The number of aromatic nitrogens is 1. The van der Waals surface area contributed by atoms with Gasteiger partial charge in [-0.1, -0.05) is 0 Å². The van der Waals surface area contributed by atoms with Crippen molar-refractivity contribution in [3.8, 4) is 5.88 Å². The van der Waals surface area contributed by atoms with Crippen LogP contribution in [0.15, 0.2) is 39.3 Å². The van der Waals surface area contributed by atoms with Crippen LogP contribution < -0.4 is 20.8 Å². The quantitative estimate of drug-likeness (QED) is 0.405. The second-order valence-corrected chi connectivity index (χ2v) is 9.80. The summed E-state index contributed by atoms with van der Waals surface area (Å²) >= 11 is 3.45. The van der Waals surface area contributed by atoms with Gasteiger partial charge < -0.3 is 24.8 Å². The van der Waals surface area contributed by atoms with Crippen molar-refractivity contribution in [1.82, 2.24) is 26.1 Å². The number of carbonyl (C=O) groups is 2. The number of aliphatic imine (C=N–C) groups is 1. The summed E-state index contributed by atoms with van der Waals surface area (Å²) in [6.45, 7) is 9.62. The summed E-state index contributed by atoms with van der Waals surface area (Å²) in [6.07, 6.45) is 1.75. The largest absolute Gasteiger partial charge is 0.473 e. The Morgan fingerprint density at radius 1 is 1.36 bits per heavy atom. The number of halogens is 2. The van der Waals surface area contributed by atoms with Gasteiger partial charge >= 0.3 is 12.1 Å². The van der Waals surface area contributed by atoms with E-state index in [1.807, 2.05) is 0 Å². The van der Waals surface area contributed by atoms with Crippen LogP contribution in [-0.4, -0.2) is 59.3 Å². The van der Waals surface area contributed by atoms with Crippen LogP contribution in [0, 0.1) is 5.82 Å². The van der Waals surface area contributed by atoms with Gasteiger partial charge in [-0.3, -0.25) is 5.01 Å². The van der Waals surface area contributed by atoms with Gasteiger partial charge in [-0.05, 0) is 56.6 Å². The standard InChI is InChI=1S/C23H30BrFN6O5/c1-6-34-21(32)16-11-29-31-12-17(24)18(30-19(16)31)26-9-14-7-15(25)10-27-20(14)35-13(2)8-28-22(33)36-23(3,4)5/h7,10,12-13,29H,6,8-9,11H2,1-5H3,(H,26,30)(H,28,33)/t13-/m0/s1. The van der Waals surface area contributed by atoms with Crippen molar-refractivity contribution in [2.24, 2.45) is 4.99 Å². The number of esters is 1. The molecule has 1 aromatic rings. The van der Waals surface area contributed by atoms with Gasteiger partial charge in [0.2, 0.25) is 5.88 Å². The molecule has 0 saturated carbocycles. The molecule has 0 radical (unpaired) electrons. The summed E-state index contributed by atoms with van der Waals surface area (Å²) in [6, 6.07) is 1.30. The van der Waals surface area contributed by atoms with Crippen LogP contribution in [0.2, 0.25) is 0 Å². The lowest BCUT2D eigenvalue weighted by Crippen LogP contribution is -2.38. The number of hydrazine groups is 1. The van der Waals surface area contributed by atoms with Crippen molar-refractivity contribution < 1.29 is 28.2 Å². The molecule has 3 N–H and O–H groups in total. The van der Waals surface area contributed by atoms with Gasteiger partial charge in [-0.15, -0.1) is 0 Å². The van der Waals surface area contributed by atoms with Crippen molar-refractivity contribution in [3.05, 3.63) is 45.7 Å². The monoisotopic (exact) mass is 568 g/mol. The minimum absolute atomic E-state index is 0.129. The number of fused-ring (bicyclic) bond motifs is 1. The highest BCUT2D eigenvalue weighted by atomic mass is 79.9.